The van der Waals surface area contributed by atoms with Crippen molar-refractivity contribution in [1.82, 2.24) is 25.4 Å². The Labute approximate surface area is 97.6 Å². The van der Waals surface area contributed by atoms with Crippen LogP contribution in [0.5, 0.6) is 0 Å². The number of hydrogen-bond acceptors (Lipinski definition) is 6. The summed E-state index contributed by atoms with van der Waals surface area (Å²) in [5.41, 5.74) is 1.26. The molecule has 90 valence electrons. The first-order valence-electron chi connectivity index (χ1n) is 4.69. The summed E-state index contributed by atoms with van der Waals surface area (Å²) >= 11 is 0. The van der Waals surface area contributed by atoms with E-state index in [1.807, 2.05) is 0 Å². The second-order valence-corrected chi connectivity index (χ2v) is 4.98. The summed E-state index contributed by atoms with van der Waals surface area (Å²) in [4.78, 5) is 3.97. The Morgan fingerprint density at radius 1 is 1.24 bits per heavy atom. The number of H-pyrrole nitrogens is 1. The number of rotatable bonds is 3. The van der Waals surface area contributed by atoms with Crippen LogP contribution in [0.2, 0.25) is 0 Å². The first-order chi connectivity index (χ1) is 7.99. The largest absolute Gasteiger partial charge is 0.281 e. The van der Waals surface area contributed by atoms with Gasteiger partial charge in [0.05, 0.1) is 17.6 Å². The van der Waals surface area contributed by atoms with E-state index in [2.05, 4.69) is 30.1 Å². The third kappa shape index (κ3) is 2.38. The number of anilines is 1. The van der Waals surface area contributed by atoms with E-state index in [0.717, 1.165) is 0 Å². The molecular formula is C8H10N6O2S. The molecule has 2 heterocycles. The molecule has 2 aromatic rings. The molecule has 0 spiro atoms. The molecule has 0 aromatic carbocycles. The van der Waals surface area contributed by atoms with E-state index < -0.39 is 10.0 Å². The van der Waals surface area contributed by atoms with Crippen molar-refractivity contribution >= 4 is 16.0 Å². The molecule has 0 amide bonds. The van der Waals surface area contributed by atoms with Gasteiger partial charge < -0.3 is 0 Å². The smallest absolute Gasteiger partial charge is 0.266 e. The summed E-state index contributed by atoms with van der Waals surface area (Å²) in [5, 5.41) is 13.3. The van der Waals surface area contributed by atoms with Crippen LogP contribution in [-0.2, 0) is 10.0 Å². The molecule has 0 unspecified atom stereocenters. The van der Waals surface area contributed by atoms with Gasteiger partial charge in [0.1, 0.15) is 0 Å². The minimum absolute atomic E-state index is 0.0562. The second-order valence-electron chi connectivity index (χ2n) is 3.33. The maximum atomic E-state index is 11.8. The highest BCUT2D eigenvalue weighted by Gasteiger charge is 2.17. The molecule has 2 aromatic heterocycles. The van der Waals surface area contributed by atoms with Crippen molar-refractivity contribution in [2.75, 3.05) is 4.72 Å². The van der Waals surface area contributed by atoms with Crippen molar-refractivity contribution in [1.29, 1.82) is 0 Å². The van der Waals surface area contributed by atoms with Crippen LogP contribution in [0.15, 0.2) is 17.3 Å². The van der Waals surface area contributed by atoms with E-state index in [9.17, 15) is 8.42 Å². The van der Waals surface area contributed by atoms with Crippen molar-refractivity contribution < 1.29 is 8.42 Å². The predicted octanol–water partition coefficient (Wildman–Crippen LogP) is 0.0123. The molecule has 0 bridgehead atoms. The lowest BCUT2D eigenvalue weighted by Crippen LogP contribution is -2.16. The Bertz CT molecular complexity index is 621. The number of hydrogen-bond donors (Lipinski definition) is 2. The molecule has 9 heteroatoms. The van der Waals surface area contributed by atoms with Gasteiger partial charge in [-0.05, 0) is 19.9 Å². The van der Waals surface area contributed by atoms with Crippen LogP contribution in [0, 0.1) is 13.8 Å². The van der Waals surface area contributed by atoms with E-state index in [-0.39, 0.29) is 11.0 Å². The van der Waals surface area contributed by atoms with Crippen molar-refractivity contribution in [2.45, 2.75) is 18.9 Å². The number of sulfonamides is 1. The summed E-state index contributed by atoms with van der Waals surface area (Å²) in [6, 6.07) is 1.33. The lowest BCUT2D eigenvalue weighted by atomic mass is 10.4. The van der Waals surface area contributed by atoms with Crippen LogP contribution in [0.25, 0.3) is 0 Å². The minimum Gasteiger partial charge on any atom is -0.266 e. The highest BCUT2D eigenvalue weighted by molar-refractivity contribution is 7.92. The van der Waals surface area contributed by atoms with E-state index >= 15 is 0 Å². The van der Waals surface area contributed by atoms with E-state index in [1.165, 1.54) is 12.3 Å². The number of aryl methyl sites for hydroxylation is 2. The molecule has 0 saturated heterocycles. The van der Waals surface area contributed by atoms with Gasteiger partial charge in [0.25, 0.3) is 16.0 Å². The zero-order chi connectivity index (χ0) is 12.5. The Morgan fingerprint density at radius 3 is 2.59 bits per heavy atom. The standard InChI is InChI=1S/C8H10N6O2S/c1-5-6(2)11-13-8(10-5)14-17(15,16)7-3-4-9-12-7/h3-4H,1-2H3,(H,9,12)(H,10,13,14). The van der Waals surface area contributed by atoms with Crippen molar-refractivity contribution in [2.24, 2.45) is 0 Å². The normalized spacial score (nSPS) is 11.4. The zero-order valence-electron chi connectivity index (χ0n) is 9.17. The molecular weight excluding hydrogens is 244 g/mol. The molecule has 0 aliphatic heterocycles. The maximum absolute atomic E-state index is 11.8. The molecule has 8 nitrogen and oxygen atoms in total. The molecule has 0 fully saturated rings. The first kappa shape index (κ1) is 11.5. The quantitative estimate of drug-likeness (QED) is 0.797. The Kier molecular flexibility index (Phi) is 2.76. The Balaban J connectivity index is 2.30. The van der Waals surface area contributed by atoms with Gasteiger partial charge in [0, 0.05) is 0 Å². The molecule has 17 heavy (non-hydrogen) atoms. The lowest BCUT2D eigenvalue weighted by Gasteiger charge is -2.04. The van der Waals surface area contributed by atoms with Crippen LogP contribution in [0.1, 0.15) is 11.4 Å². The second kappa shape index (κ2) is 4.09. The number of nitrogens with zero attached hydrogens (tertiary/aromatic N) is 4. The van der Waals surface area contributed by atoms with E-state index in [1.54, 1.807) is 13.8 Å². The van der Waals surface area contributed by atoms with Gasteiger partial charge in [-0.3, -0.25) is 5.10 Å². The van der Waals surface area contributed by atoms with Crippen LogP contribution in [0.3, 0.4) is 0 Å². The summed E-state index contributed by atoms with van der Waals surface area (Å²) in [6.07, 6.45) is 1.34. The minimum atomic E-state index is -3.73. The van der Waals surface area contributed by atoms with Gasteiger partial charge in [-0.25, -0.2) is 9.71 Å². The topological polar surface area (TPSA) is 114 Å². The Morgan fingerprint density at radius 2 is 2.00 bits per heavy atom. The highest BCUT2D eigenvalue weighted by atomic mass is 32.2. The summed E-state index contributed by atoms with van der Waals surface area (Å²) in [7, 11) is -3.73. The zero-order valence-corrected chi connectivity index (χ0v) is 9.98. The van der Waals surface area contributed by atoms with E-state index in [4.69, 9.17) is 0 Å². The fourth-order valence-electron chi connectivity index (χ4n) is 1.07. The first-order valence-corrected chi connectivity index (χ1v) is 6.17. The molecule has 2 rings (SSSR count). The van der Waals surface area contributed by atoms with Gasteiger partial charge in [0.15, 0.2) is 5.03 Å². The fourth-order valence-corrected chi connectivity index (χ4v) is 1.92. The third-order valence-electron chi connectivity index (χ3n) is 2.08. The summed E-state index contributed by atoms with van der Waals surface area (Å²) in [6.45, 7) is 3.46. The monoisotopic (exact) mass is 254 g/mol. The molecule has 0 aliphatic rings. The van der Waals surface area contributed by atoms with Crippen molar-refractivity contribution in [3.05, 3.63) is 23.7 Å². The third-order valence-corrected chi connectivity index (χ3v) is 3.34. The maximum Gasteiger partial charge on any atom is 0.281 e. The van der Waals surface area contributed by atoms with Crippen molar-refractivity contribution in [3.8, 4) is 0 Å². The molecule has 2 N–H and O–H groups in total. The van der Waals surface area contributed by atoms with Crippen LogP contribution in [-0.4, -0.2) is 33.8 Å². The van der Waals surface area contributed by atoms with Gasteiger partial charge in [-0.15, -0.1) is 5.10 Å². The van der Waals surface area contributed by atoms with Gasteiger partial charge in [-0.1, -0.05) is 0 Å². The molecule has 0 radical (unpaired) electrons. The average Bonchev–Trinajstić information content (AvgIpc) is 2.77. The van der Waals surface area contributed by atoms with E-state index in [0.29, 0.717) is 11.4 Å². The van der Waals surface area contributed by atoms with Crippen LogP contribution >= 0.6 is 0 Å². The lowest BCUT2D eigenvalue weighted by molar-refractivity contribution is 0.596. The summed E-state index contributed by atoms with van der Waals surface area (Å²) in [5.74, 6) is -0.0669. The van der Waals surface area contributed by atoms with Gasteiger partial charge in [-0.2, -0.15) is 18.6 Å². The highest BCUT2D eigenvalue weighted by Crippen LogP contribution is 2.09. The van der Waals surface area contributed by atoms with Crippen molar-refractivity contribution in [3.63, 3.8) is 0 Å². The number of aromatic amines is 1. The van der Waals surface area contributed by atoms with Gasteiger partial charge >= 0.3 is 0 Å². The molecule has 0 atom stereocenters. The fraction of sp³-hybridized carbons (Fsp3) is 0.250. The SMILES string of the molecule is Cc1nnc(NS(=O)(=O)c2ccn[nH]2)nc1C. The Hall–Kier alpha value is -2.03. The van der Waals surface area contributed by atoms with Crippen LogP contribution in [0.4, 0.5) is 5.95 Å². The molecule has 0 aliphatic carbocycles. The predicted molar refractivity (Wildman–Crippen MR) is 58.7 cm³/mol. The van der Waals surface area contributed by atoms with Gasteiger partial charge in [0.2, 0.25) is 0 Å². The average molecular weight is 254 g/mol. The van der Waals surface area contributed by atoms with Crippen LogP contribution < -0.4 is 4.72 Å². The molecule has 0 saturated carbocycles. The number of nitrogens with one attached hydrogen (secondary N) is 2. The number of aromatic nitrogens is 5. The summed E-state index contributed by atoms with van der Waals surface area (Å²) < 4.78 is 25.7.